The minimum atomic E-state index is -3.56. The van der Waals surface area contributed by atoms with Crippen molar-refractivity contribution in [3.8, 4) is 5.75 Å². The monoisotopic (exact) mass is 462 g/mol. The third-order valence-electron chi connectivity index (χ3n) is 4.97. The molecule has 0 bridgehead atoms. The van der Waals surface area contributed by atoms with Crippen molar-refractivity contribution in [3.63, 3.8) is 0 Å². The molecule has 1 fully saturated rings. The predicted molar refractivity (Wildman–Crippen MR) is 121 cm³/mol. The molecule has 1 amide bonds. The highest BCUT2D eigenvalue weighted by molar-refractivity contribution is 7.51. The molecule has 0 spiro atoms. The summed E-state index contributed by atoms with van der Waals surface area (Å²) in [5.41, 5.74) is 0.912. The van der Waals surface area contributed by atoms with Crippen LogP contribution in [0.25, 0.3) is 0 Å². The number of nitrogens with zero attached hydrogens (tertiary/aromatic N) is 1. The molecule has 174 valence electrons. The van der Waals surface area contributed by atoms with Crippen molar-refractivity contribution < 1.29 is 27.9 Å². The van der Waals surface area contributed by atoms with E-state index in [4.69, 9.17) is 18.5 Å². The molecule has 9 heteroatoms. The van der Waals surface area contributed by atoms with Gasteiger partial charge in [-0.1, -0.05) is 48.5 Å². The van der Waals surface area contributed by atoms with Crippen LogP contribution in [0.4, 0.5) is 4.79 Å². The van der Waals surface area contributed by atoms with Crippen molar-refractivity contribution in [2.24, 2.45) is 0 Å². The van der Waals surface area contributed by atoms with Crippen LogP contribution in [-0.4, -0.2) is 49.4 Å². The molecule has 2 aromatic rings. The van der Waals surface area contributed by atoms with Gasteiger partial charge in [0.2, 0.25) is 0 Å². The van der Waals surface area contributed by atoms with E-state index in [1.165, 1.54) is 0 Å². The Labute approximate surface area is 189 Å². The van der Waals surface area contributed by atoms with Crippen LogP contribution in [0.3, 0.4) is 0 Å². The van der Waals surface area contributed by atoms with E-state index in [2.05, 4.69) is 5.09 Å². The summed E-state index contributed by atoms with van der Waals surface area (Å²) in [6.45, 7) is 4.84. The summed E-state index contributed by atoms with van der Waals surface area (Å²) in [6, 6.07) is 18.4. The Morgan fingerprint density at radius 2 is 1.66 bits per heavy atom. The lowest BCUT2D eigenvalue weighted by Gasteiger charge is -2.39. The van der Waals surface area contributed by atoms with Gasteiger partial charge in [0.05, 0.1) is 19.3 Å². The van der Waals surface area contributed by atoms with E-state index in [0.717, 1.165) is 5.56 Å². The van der Waals surface area contributed by atoms with Gasteiger partial charge in [0.1, 0.15) is 18.5 Å². The zero-order valence-corrected chi connectivity index (χ0v) is 19.4. The van der Waals surface area contributed by atoms with Crippen molar-refractivity contribution >= 4 is 13.8 Å². The Morgan fingerprint density at radius 3 is 2.28 bits per heavy atom. The fraction of sp³-hybridized carbons (Fsp3) is 0.435. The van der Waals surface area contributed by atoms with Gasteiger partial charge in [-0.3, -0.25) is 9.05 Å². The fourth-order valence-electron chi connectivity index (χ4n) is 3.50. The second kappa shape index (κ2) is 12.0. The predicted octanol–water partition coefficient (Wildman–Crippen LogP) is 4.62. The highest BCUT2D eigenvalue weighted by atomic mass is 31.2. The van der Waals surface area contributed by atoms with E-state index in [1.807, 2.05) is 60.7 Å². The Balaban J connectivity index is 1.69. The molecule has 0 aromatic heterocycles. The maximum absolute atomic E-state index is 13.1. The van der Waals surface area contributed by atoms with Gasteiger partial charge in [-0.2, -0.15) is 0 Å². The molecule has 1 N–H and O–H groups in total. The molecule has 2 atom stereocenters. The van der Waals surface area contributed by atoms with E-state index in [9.17, 15) is 9.36 Å². The van der Waals surface area contributed by atoms with Crippen LogP contribution in [0.1, 0.15) is 25.8 Å². The van der Waals surface area contributed by atoms with Crippen LogP contribution < -0.4 is 9.82 Å². The third kappa shape index (κ3) is 7.07. The van der Waals surface area contributed by atoms with Crippen molar-refractivity contribution in [1.29, 1.82) is 0 Å². The summed E-state index contributed by atoms with van der Waals surface area (Å²) in [7, 11) is -3.56. The first-order chi connectivity index (χ1) is 15.5. The topological polar surface area (TPSA) is 86.3 Å². The lowest BCUT2D eigenvalue weighted by Crippen LogP contribution is -2.56. The molecule has 0 radical (unpaired) electrons. The largest absolute Gasteiger partial charge is 0.489 e. The number of para-hydroxylation sites is 1. The van der Waals surface area contributed by atoms with Gasteiger partial charge in [-0.25, -0.2) is 14.4 Å². The standard InChI is InChI=1S/C23H31N2O6P/c1-3-29-32(27,30-4-2)24-21-17-25(23(26)28-18-19-11-7-5-8-12-19)16-15-22(21)31-20-13-9-6-10-14-20/h5-14,21-22H,3-4,15-18H2,1-2H3,(H,24,27)/t21-,22-/m1/s1. The summed E-state index contributed by atoms with van der Waals surface area (Å²) in [6.07, 6.45) is -0.225. The third-order valence-corrected chi connectivity index (χ3v) is 6.81. The Bertz CT molecular complexity index is 873. The number of benzene rings is 2. The zero-order valence-electron chi connectivity index (χ0n) is 18.5. The molecule has 1 aliphatic rings. The highest BCUT2D eigenvalue weighted by Crippen LogP contribution is 2.45. The number of piperidine rings is 1. The van der Waals surface area contributed by atoms with E-state index in [-0.39, 0.29) is 32.5 Å². The molecule has 0 unspecified atom stereocenters. The Hall–Kier alpha value is -2.38. The normalized spacial score (nSPS) is 18.9. The van der Waals surface area contributed by atoms with Crippen LogP contribution in [0, 0.1) is 0 Å². The SMILES string of the molecule is CCOP(=O)(N[C@@H]1CN(C(=O)OCc2ccccc2)CC[C@H]1Oc1ccccc1)OCC. The van der Waals surface area contributed by atoms with Crippen molar-refractivity contribution in [2.75, 3.05) is 26.3 Å². The number of rotatable bonds is 10. The highest BCUT2D eigenvalue weighted by Gasteiger charge is 2.39. The van der Waals surface area contributed by atoms with Gasteiger partial charge in [0, 0.05) is 19.5 Å². The summed E-state index contributed by atoms with van der Waals surface area (Å²) >= 11 is 0. The molecule has 0 saturated carbocycles. The Kier molecular flexibility index (Phi) is 9.11. The summed E-state index contributed by atoms with van der Waals surface area (Å²) in [4.78, 5) is 14.3. The molecule has 32 heavy (non-hydrogen) atoms. The van der Waals surface area contributed by atoms with Crippen molar-refractivity contribution in [2.45, 2.75) is 39.0 Å². The van der Waals surface area contributed by atoms with Gasteiger partial charge in [0.25, 0.3) is 0 Å². The first-order valence-corrected chi connectivity index (χ1v) is 12.4. The first kappa shape index (κ1) is 24.3. The van der Waals surface area contributed by atoms with Gasteiger partial charge in [0.15, 0.2) is 0 Å². The molecule has 1 heterocycles. The molecule has 8 nitrogen and oxygen atoms in total. The summed E-state index contributed by atoms with van der Waals surface area (Å²) < 4.78 is 35.6. The first-order valence-electron chi connectivity index (χ1n) is 10.9. The Morgan fingerprint density at radius 1 is 1.03 bits per heavy atom. The van der Waals surface area contributed by atoms with Gasteiger partial charge < -0.3 is 14.4 Å². The number of ether oxygens (including phenoxy) is 2. The maximum Gasteiger partial charge on any atom is 0.410 e. The molecular formula is C23H31N2O6P. The number of nitrogens with one attached hydrogen (secondary N) is 1. The number of likely N-dealkylation sites (tertiary alicyclic amines) is 1. The second-order valence-electron chi connectivity index (χ2n) is 7.31. The van der Waals surface area contributed by atoms with E-state index >= 15 is 0 Å². The average Bonchev–Trinajstić information content (AvgIpc) is 2.80. The van der Waals surface area contributed by atoms with Crippen molar-refractivity contribution in [1.82, 2.24) is 9.99 Å². The minimum Gasteiger partial charge on any atom is -0.489 e. The van der Waals surface area contributed by atoms with E-state index in [0.29, 0.717) is 18.7 Å². The average molecular weight is 462 g/mol. The smallest absolute Gasteiger partial charge is 0.410 e. The number of carbonyl (C=O) groups is 1. The molecule has 0 aliphatic carbocycles. The van der Waals surface area contributed by atoms with E-state index in [1.54, 1.807) is 18.7 Å². The van der Waals surface area contributed by atoms with Crippen LogP contribution >= 0.6 is 7.75 Å². The van der Waals surface area contributed by atoms with Gasteiger partial charge in [-0.15, -0.1) is 0 Å². The lowest BCUT2D eigenvalue weighted by atomic mass is 10.0. The number of carbonyl (C=O) groups excluding carboxylic acids is 1. The van der Waals surface area contributed by atoms with Crippen molar-refractivity contribution in [3.05, 3.63) is 66.2 Å². The minimum absolute atomic E-state index is 0.189. The molecule has 2 aromatic carbocycles. The van der Waals surface area contributed by atoms with Crippen LogP contribution in [0.15, 0.2) is 60.7 Å². The zero-order chi connectivity index (χ0) is 22.8. The number of hydrogen-bond donors (Lipinski definition) is 1. The maximum atomic E-state index is 13.1. The quantitative estimate of drug-likeness (QED) is 0.516. The second-order valence-corrected chi connectivity index (χ2v) is 9.08. The van der Waals surface area contributed by atoms with Gasteiger partial charge in [-0.05, 0) is 31.5 Å². The lowest BCUT2D eigenvalue weighted by molar-refractivity contribution is 0.0465. The van der Waals surface area contributed by atoms with Crippen LogP contribution in [0.5, 0.6) is 5.75 Å². The number of amides is 1. The molecule has 1 saturated heterocycles. The summed E-state index contributed by atoms with van der Waals surface area (Å²) in [5.74, 6) is 0.701. The van der Waals surface area contributed by atoms with Gasteiger partial charge >= 0.3 is 13.8 Å². The van der Waals surface area contributed by atoms with Crippen LogP contribution in [-0.2, 0) is 25.0 Å². The summed E-state index contributed by atoms with van der Waals surface area (Å²) in [5, 5.41) is 3.00. The van der Waals surface area contributed by atoms with Crippen LogP contribution in [0.2, 0.25) is 0 Å². The number of hydrogen-bond acceptors (Lipinski definition) is 6. The van der Waals surface area contributed by atoms with E-state index < -0.39 is 19.9 Å². The molecule has 3 rings (SSSR count). The molecular weight excluding hydrogens is 431 g/mol. The fourth-order valence-corrected chi connectivity index (χ4v) is 5.06. The molecule has 1 aliphatic heterocycles.